The van der Waals surface area contributed by atoms with Crippen LogP contribution in [0.3, 0.4) is 0 Å². The van der Waals surface area contributed by atoms with Crippen molar-refractivity contribution in [2.45, 2.75) is 29.3 Å². The number of hydrogen-bond acceptors (Lipinski definition) is 0. The standard InChI is InChI=1S/C9H16BrS.BrH/c1-11(2)8-5-6-3-4-7(8)9(6)10;/h6-9H,3-5H2,1-2H3;1H/q+1;/p-1/t6-,7+,8+,9+;/m1./s1. The van der Waals surface area contributed by atoms with Gasteiger partial charge in [-0.05, 0) is 36.1 Å². The normalized spacial score (nSPS) is 45.0. The van der Waals surface area contributed by atoms with E-state index in [1.54, 1.807) is 0 Å². The van der Waals surface area contributed by atoms with Gasteiger partial charge in [0.2, 0.25) is 0 Å². The van der Waals surface area contributed by atoms with E-state index in [2.05, 4.69) is 28.4 Å². The van der Waals surface area contributed by atoms with Crippen molar-refractivity contribution >= 4 is 26.8 Å². The fraction of sp³-hybridized carbons (Fsp3) is 1.00. The number of alkyl halides is 1. The zero-order valence-electron chi connectivity index (χ0n) is 7.59. The molecule has 72 valence electrons. The van der Waals surface area contributed by atoms with E-state index in [-0.39, 0.29) is 17.0 Å². The highest BCUT2D eigenvalue weighted by Gasteiger charge is 2.51. The van der Waals surface area contributed by atoms with Crippen LogP contribution in [0.4, 0.5) is 0 Å². The Kier molecular flexibility index (Phi) is 4.01. The van der Waals surface area contributed by atoms with E-state index in [1.165, 1.54) is 19.3 Å². The number of hydrogen-bond donors (Lipinski definition) is 0. The summed E-state index contributed by atoms with van der Waals surface area (Å²) in [6.07, 6.45) is 9.32. The van der Waals surface area contributed by atoms with Gasteiger partial charge in [0.25, 0.3) is 0 Å². The molecule has 0 aromatic rings. The first-order valence-corrected chi connectivity index (χ1v) is 7.42. The smallest absolute Gasteiger partial charge is 0.121 e. The highest BCUT2D eigenvalue weighted by atomic mass is 79.9. The lowest BCUT2D eigenvalue weighted by Gasteiger charge is -2.17. The summed E-state index contributed by atoms with van der Waals surface area (Å²) in [6, 6.07) is 0. The molecule has 3 heteroatoms. The molecule has 0 spiro atoms. The van der Waals surface area contributed by atoms with Crippen LogP contribution in [-0.4, -0.2) is 22.6 Å². The van der Waals surface area contributed by atoms with E-state index in [0.717, 1.165) is 21.9 Å². The van der Waals surface area contributed by atoms with Gasteiger partial charge in [-0.1, -0.05) is 15.9 Å². The third-order valence-corrected chi connectivity index (χ3v) is 6.53. The van der Waals surface area contributed by atoms with Crippen LogP contribution in [0.25, 0.3) is 0 Å². The Morgan fingerprint density at radius 3 is 2.17 bits per heavy atom. The number of rotatable bonds is 1. The van der Waals surface area contributed by atoms with Gasteiger partial charge in [-0.15, -0.1) is 0 Å². The quantitative estimate of drug-likeness (QED) is 0.449. The van der Waals surface area contributed by atoms with E-state index in [4.69, 9.17) is 0 Å². The van der Waals surface area contributed by atoms with Gasteiger partial charge in [-0.2, -0.15) is 0 Å². The van der Waals surface area contributed by atoms with Gasteiger partial charge < -0.3 is 17.0 Å². The molecule has 2 rings (SSSR count). The molecular weight excluding hydrogens is 300 g/mol. The molecule has 0 nitrogen and oxygen atoms in total. The Hall–Kier alpha value is 1.31. The predicted octanol–water partition coefficient (Wildman–Crippen LogP) is -0.570. The molecule has 0 amide bonds. The minimum Gasteiger partial charge on any atom is -1.00 e. The molecule has 0 radical (unpaired) electrons. The molecule has 2 aliphatic carbocycles. The minimum absolute atomic E-state index is 0. The largest absolute Gasteiger partial charge is 1.00 e. The molecule has 0 saturated heterocycles. The lowest BCUT2D eigenvalue weighted by Crippen LogP contribution is -3.00. The zero-order chi connectivity index (χ0) is 8.01. The molecule has 0 aliphatic heterocycles. The molecule has 0 heterocycles. The highest BCUT2D eigenvalue weighted by molar-refractivity contribution is 9.09. The summed E-state index contributed by atoms with van der Waals surface area (Å²) in [4.78, 5) is 0.877. The van der Waals surface area contributed by atoms with Crippen molar-refractivity contribution in [2.24, 2.45) is 11.8 Å². The maximum atomic E-state index is 3.84. The van der Waals surface area contributed by atoms with Gasteiger partial charge in [0.05, 0.1) is 12.5 Å². The molecule has 2 fully saturated rings. The van der Waals surface area contributed by atoms with E-state index in [1.807, 2.05) is 0 Å². The summed E-state index contributed by atoms with van der Waals surface area (Å²) >= 11 is 3.84. The third-order valence-electron chi connectivity index (χ3n) is 3.35. The van der Waals surface area contributed by atoms with E-state index >= 15 is 0 Å². The van der Waals surface area contributed by atoms with Crippen LogP contribution in [-0.2, 0) is 10.9 Å². The summed E-state index contributed by atoms with van der Waals surface area (Å²) in [6.45, 7) is 0. The van der Waals surface area contributed by atoms with Crippen molar-refractivity contribution in [3.63, 3.8) is 0 Å². The highest BCUT2D eigenvalue weighted by Crippen LogP contribution is 2.50. The molecule has 0 unspecified atom stereocenters. The third kappa shape index (κ3) is 1.74. The molecule has 2 bridgehead atoms. The van der Waals surface area contributed by atoms with Gasteiger partial charge in [0, 0.05) is 10.7 Å². The molecule has 0 aromatic carbocycles. The van der Waals surface area contributed by atoms with E-state index < -0.39 is 0 Å². The lowest BCUT2D eigenvalue weighted by molar-refractivity contribution is -0.00000228. The van der Waals surface area contributed by atoms with Crippen LogP contribution in [0, 0.1) is 11.8 Å². The van der Waals surface area contributed by atoms with Crippen molar-refractivity contribution in [2.75, 3.05) is 12.5 Å². The Labute approximate surface area is 97.1 Å². The molecule has 12 heavy (non-hydrogen) atoms. The van der Waals surface area contributed by atoms with Crippen LogP contribution >= 0.6 is 15.9 Å². The summed E-state index contributed by atoms with van der Waals surface area (Å²) in [5.74, 6) is 2.05. The van der Waals surface area contributed by atoms with Gasteiger partial charge in [-0.25, -0.2) is 0 Å². The van der Waals surface area contributed by atoms with Crippen molar-refractivity contribution < 1.29 is 17.0 Å². The zero-order valence-corrected chi connectivity index (χ0v) is 11.6. The second-order valence-corrected chi connectivity index (χ2v) is 7.52. The summed E-state index contributed by atoms with van der Waals surface area (Å²) in [5.41, 5.74) is 0. The fourth-order valence-corrected chi connectivity index (χ4v) is 5.68. The molecule has 0 N–H and O–H groups in total. The topological polar surface area (TPSA) is 0 Å². The molecular formula is C9H16Br2S. The number of fused-ring (bicyclic) bond motifs is 2. The van der Waals surface area contributed by atoms with E-state index in [0.29, 0.717) is 10.9 Å². The number of halogens is 2. The molecule has 2 saturated carbocycles. The van der Waals surface area contributed by atoms with Crippen molar-refractivity contribution in [1.29, 1.82) is 0 Å². The lowest BCUT2D eigenvalue weighted by atomic mass is 10.0. The fourth-order valence-electron chi connectivity index (χ4n) is 2.73. The minimum atomic E-state index is 0. The van der Waals surface area contributed by atoms with Crippen molar-refractivity contribution in [1.82, 2.24) is 0 Å². The van der Waals surface area contributed by atoms with Gasteiger partial charge in [-0.3, -0.25) is 0 Å². The molecule has 2 aliphatic rings. The Balaban J connectivity index is 0.000000720. The van der Waals surface area contributed by atoms with Gasteiger partial charge in [0.15, 0.2) is 0 Å². The molecule has 0 aromatic heterocycles. The summed E-state index contributed by atoms with van der Waals surface area (Å²) in [7, 11) is 0.659. The first-order valence-electron chi connectivity index (χ1n) is 4.40. The predicted molar refractivity (Wildman–Crippen MR) is 56.5 cm³/mol. The Morgan fingerprint density at radius 1 is 1.25 bits per heavy atom. The molecule has 4 atom stereocenters. The van der Waals surface area contributed by atoms with Crippen LogP contribution in [0.2, 0.25) is 0 Å². The maximum absolute atomic E-state index is 3.84. The van der Waals surface area contributed by atoms with Crippen molar-refractivity contribution in [3.05, 3.63) is 0 Å². The summed E-state index contributed by atoms with van der Waals surface area (Å²) in [5, 5.41) is 1.05. The van der Waals surface area contributed by atoms with Crippen molar-refractivity contribution in [3.8, 4) is 0 Å². The van der Waals surface area contributed by atoms with Gasteiger partial charge >= 0.3 is 0 Å². The maximum Gasteiger partial charge on any atom is 0.121 e. The Morgan fingerprint density at radius 2 is 1.92 bits per heavy atom. The summed E-state index contributed by atoms with van der Waals surface area (Å²) < 4.78 is 0. The monoisotopic (exact) mass is 314 g/mol. The van der Waals surface area contributed by atoms with Crippen LogP contribution in [0.1, 0.15) is 19.3 Å². The van der Waals surface area contributed by atoms with Crippen LogP contribution in [0.15, 0.2) is 0 Å². The van der Waals surface area contributed by atoms with Crippen LogP contribution in [0.5, 0.6) is 0 Å². The second-order valence-electron chi connectivity index (χ2n) is 4.10. The first-order chi connectivity index (χ1) is 5.20. The van der Waals surface area contributed by atoms with Crippen LogP contribution < -0.4 is 17.0 Å². The first kappa shape index (κ1) is 11.4. The van der Waals surface area contributed by atoms with E-state index in [9.17, 15) is 0 Å². The SMILES string of the molecule is C[S+](C)[C@H]1C[C@H]2CC[C@@H]1[C@H]2Br.[Br-]. The average Bonchev–Trinajstić information content (AvgIpc) is 2.46. The second kappa shape index (κ2) is 4.22. The van der Waals surface area contributed by atoms with Gasteiger partial charge in [0.1, 0.15) is 5.25 Å². The average molecular weight is 316 g/mol. The Bertz CT molecular complexity index is 161.